The normalized spacial score (nSPS) is 12.1. The summed E-state index contributed by atoms with van der Waals surface area (Å²) in [6.07, 6.45) is 59.0. The maximum Gasteiger partial charge on any atom is 0.306 e. The summed E-state index contributed by atoms with van der Waals surface area (Å²) in [5.41, 5.74) is 0. The van der Waals surface area contributed by atoms with E-state index in [9.17, 15) is 14.4 Å². The van der Waals surface area contributed by atoms with Gasteiger partial charge >= 0.3 is 17.9 Å². The molecular weight excluding hydrogens is 769 g/mol. The second kappa shape index (κ2) is 51.5. The van der Waals surface area contributed by atoms with Crippen molar-refractivity contribution in [2.75, 3.05) is 13.2 Å². The zero-order chi connectivity index (χ0) is 45.1. The van der Waals surface area contributed by atoms with Gasteiger partial charge in [-0.2, -0.15) is 0 Å². The Kier molecular flexibility index (Phi) is 49.8. The van der Waals surface area contributed by atoms with Gasteiger partial charge in [-0.3, -0.25) is 14.4 Å². The number of carbonyl (C=O) groups is 3. The first-order valence-corrected chi connectivity index (χ1v) is 27.3. The lowest BCUT2D eigenvalue weighted by Crippen LogP contribution is -2.30. The number of hydrogen-bond donors (Lipinski definition) is 0. The predicted molar refractivity (Wildman–Crippen MR) is 266 cm³/mol. The molecule has 1 atom stereocenters. The summed E-state index contributed by atoms with van der Waals surface area (Å²) in [6, 6.07) is 0. The zero-order valence-corrected chi connectivity index (χ0v) is 41.7. The lowest BCUT2D eigenvalue weighted by Gasteiger charge is -2.18. The number of carbonyl (C=O) groups excluding carboxylic acids is 3. The van der Waals surface area contributed by atoms with Gasteiger partial charge in [0.15, 0.2) is 6.10 Å². The van der Waals surface area contributed by atoms with Crippen molar-refractivity contribution in [2.24, 2.45) is 0 Å². The van der Waals surface area contributed by atoms with Crippen LogP contribution in [0.3, 0.4) is 0 Å². The molecule has 0 bridgehead atoms. The monoisotopic (exact) mass is 873 g/mol. The molecule has 0 aliphatic heterocycles. The van der Waals surface area contributed by atoms with Crippen molar-refractivity contribution in [3.63, 3.8) is 0 Å². The van der Waals surface area contributed by atoms with Crippen molar-refractivity contribution in [2.45, 2.75) is 303 Å². The van der Waals surface area contributed by atoms with Gasteiger partial charge < -0.3 is 14.2 Å². The van der Waals surface area contributed by atoms with E-state index in [-0.39, 0.29) is 31.1 Å². The first kappa shape index (κ1) is 59.9. The van der Waals surface area contributed by atoms with Crippen molar-refractivity contribution < 1.29 is 28.6 Å². The number of unbranched alkanes of at least 4 members (excludes halogenated alkanes) is 35. The summed E-state index contributed by atoms with van der Waals surface area (Å²) in [6.45, 7) is 6.61. The van der Waals surface area contributed by atoms with Gasteiger partial charge in [0, 0.05) is 19.3 Å². The molecule has 0 saturated carbocycles. The Hall–Kier alpha value is -2.11. The highest BCUT2D eigenvalue weighted by Gasteiger charge is 2.19. The van der Waals surface area contributed by atoms with Gasteiger partial charge in [-0.25, -0.2) is 0 Å². The number of rotatable bonds is 50. The van der Waals surface area contributed by atoms with Gasteiger partial charge in [-0.05, 0) is 51.4 Å². The molecule has 0 fully saturated rings. The van der Waals surface area contributed by atoms with Crippen LogP contribution < -0.4 is 0 Å². The summed E-state index contributed by atoms with van der Waals surface area (Å²) in [5, 5.41) is 0. The summed E-state index contributed by atoms with van der Waals surface area (Å²) >= 11 is 0. The molecule has 62 heavy (non-hydrogen) atoms. The third-order valence-electron chi connectivity index (χ3n) is 12.2. The number of allylic oxidation sites excluding steroid dienone is 4. The van der Waals surface area contributed by atoms with E-state index in [2.05, 4.69) is 45.1 Å². The van der Waals surface area contributed by atoms with E-state index in [0.29, 0.717) is 19.3 Å². The Balaban J connectivity index is 4.19. The minimum absolute atomic E-state index is 0.0700. The molecule has 6 nitrogen and oxygen atoms in total. The van der Waals surface area contributed by atoms with Crippen molar-refractivity contribution in [3.05, 3.63) is 24.3 Å². The molecule has 1 unspecified atom stereocenters. The van der Waals surface area contributed by atoms with Gasteiger partial charge in [-0.15, -0.1) is 0 Å². The van der Waals surface area contributed by atoms with Crippen molar-refractivity contribution in [3.8, 4) is 0 Å². The summed E-state index contributed by atoms with van der Waals surface area (Å²) in [5.74, 6) is -0.869. The highest BCUT2D eigenvalue weighted by molar-refractivity contribution is 5.71. The molecule has 0 amide bonds. The molecule has 0 heterocycles. The van der Waals surface area contributed by atoms with Crippen LogP contribution in [0.4, 0.5) is 0 Å². The van der Waals surface area contributed by atoms with E-state index in [0.717, 1.165) is 70.6 Å². The van der Waals surface area contributed by atoms with Gasteiger partial charge in [-0.1, -0.05) is 251 Å². The van der Waals surface area contributed by atoms with E-state index >= 15 is 0 Å². The minimum Gasteiger partial charge on any atom is -0.462 e. The molecule has 6 heteroatoms. The van der Waals surface area contributed by atoms with Crippen molar-refractivity contribution in [1.82, 2.24) is 0 Å². The summed E-state index contributed by atoms with van der Waals surface area (Å²) in [4.78, 5) is 37.9. The zero-order valence-electron chi connectivity index (χ0n) is 41.7. The lowest BCUT2D eigenvalue weighted by molar-refractivity contribution is -0.167. The fourth-order valence-electron chi connectivity index (χ4n) is 8.06. The number of esters is 3. The third kappa shape index (κ3) is 48.9. The average molecular weight is 873 g/mol. The van der Waals surface area contributed by atoms with E-state index in [4.69, 9.17) is 14.2 Å². The largest absolute Gasteiger partial charge is 0.462 e. The molecule has 0 aromatic heterocycles. The van der Waals surface area contributed by atoms with Crippen LogP contribution in [0.25, 0.3) is 0 Å². The fourth-order valence-corrected chi connectivity index (χ4v) is 8.06. The SMILES string of the molecule is CCCCCC/C=C\C/C=C\CCCCCCCCCC(=O)OC(COC(=O)CCCCCCCCC)COC(=O)CCCCCCCCCCCCCCCCCCCCC. The maximum atomic E-state index is 12.8. The third-order valence-corrected chi connectivity index (χ3v) is 12.2. The van der Waals surface area contributed by atoms with Gasteiger partial charge in [0.25, 0.3) is 0 Å². The topological polar surface area (TPSA) is 78.9 Å². The van der Waals surface area contributed by atoms with Crippen LogP contribution in [0.15, 0.2) is 24.3 Å². The van der Waals surface area contributed by atoms with E-state index in [1.54, 1.807) is 0 Å². The molecular formula is C56H104O6. The Bertz CT molecular complexity index is 1000. The minimum atomic E-state index is -0.768. The maximum absolute atomic E-state index is 12.8. The molecule has 0 radical (unpaired) electrons. The highest BCUT2D eigenvalue weighted by Crippen LogP contribution is 2.16. The Morgan fingerprint density at radius 3 is 0.903 bits per heavy atom. The molecule has 0 aromatic carbocycles. The van der Waals surface area contributed by atoms with Crippen LogP contribution in [0.2, 0.25) is 0 Å². The van der Waals surface area contributed by atoms with E-state index in [1.165, 1.54) is 186 Å². The quantitative estimate of drug-likeness (QED) is 0.0262. The summed E-state index contributed by atoms with van der Waals surface area (Å²) < 4.78 is 16.8. The van der Waals surface area contributed by atoms with E-state index < -0.39 is 6.10 Å². The Morgan fingerprint density at radius 1 is 0.323 bits per heavy atom. The van der Waals surface area contributed by atoms with Crippen LogP contribution in [0.1, 0.15) is 297 Å². The molecule has 364 valence electrons. The molecule has 0 saturated heterocycles. The molecule has 0 rings (SSSR count). The molecule has 0 N–H and O–H groups in total. The second-order valence-corrected chi connectivity index (χ2v) is 18.5. The first-order valence-electron chi connectivity index (χ1n) is 27.3. The van der Waals surface area contributed by atoms with Crippen LogP contribution >= 0.6 is 0 Å². The molecule has 0 aliphatic carbocycles. The second-order valence-electron chi connectivity index (χ2n) is 18.5. The van der Waals surface area contributed by atoms with Crippen LogP contribution in [0, 0.1) is 0 Å². The molecule has 0 spiro atoms. The standard InChI is InChI=1S/C56H104O6/c1-4-7-10-13-16-18-20-22-24-26-28-30-31-33-35-37-40-43-46-49-55(58)61-52-53(51-60-54(57)48-45-42-39-15-12-9-6-3)62-56(59)50-47-44-41-38-36-34-32-29-27-25-23-21-19-17-14-11-8-5-2/h19,21,25,27,53H,4-18,20,22-24,26,28-52H2,1-3H3/b21-19-,27-25-. The van der Waals surface area contributed by atoms with Crippen molar-refractivity contribution >= 4 is 17.9 Å². The average Bonchev–Trinajstić information content (AvgIpc) is 3.27. The van der Waals surface area contributed by atoms with Crippen LogP contribution in [0.5, 0.6) is 0 Å². The predicted octanol–water partition coefficient (Wildman–Crippen LogP) is 17.9. The van der Waals surface area contributed by atoms with Crippen LogP contribution in [-0.4, -0.2) is 37.2 Å². The lowest BCUT2D eigenvalue weighted by atomic mass is 10.0. The number of hydrogen-bond acceptors (Lipinski definition) is 6. The molecule has 0 aliphatic rings. The van der Waals surface area contributed by atoms with Gasteiger partial charge in [0.1, 0.15) is 13.2 Å². The van der Waals surface area contributed by atoms with Gasteiger partial charge in [0.2, 0.25) is 0 Å². The smallest absolute Gasteiger partial charge is 0.306 e. The van der Waals surface area contributed by atoms with Crippen molar-refractivity contribution in [1.29, 1.82) is 0 Å². The fraction of sp³-hybridized carbons (Fsp3) is 0.875. The Morgan fingerprint density at radius 2 is 0.581 bits per heavy atom. The Labute approximate surface area is 385 Å². The first-order chi connectivity index (χ1) is 30.5. The van der Waals surface area contributed by atoms with E-state index in [1.807, 2.05) is 0 Å². The molecule has 0 aromatic rings. The van der Waals surface area contributed by atoms with Gasteiger partial charge in [0.05, 0.1) is 0 Å². The van der Waals surface area contributed by atoms with Crippen LogP contribution in [-0.2, 0) is 28.6 Å². The highest BCUT2D eigenvalue weighted by atomic mass is 16.6. The number of ether oxygens (including phenoxy) is 3. The summed E-state index contributed by atoms with van der Waals surface area (Å²) in [7, 11) is 0.